The Morgan fingerprint density at radius 1 is 1.78 bits per heavy atom. The van der Waals surface area contributed by atoms with Crippen LogP contribution in [0.5, 0.6) is 0 Å². The van der Waals surface area contributed by atoms with E-state index in [4.69, 9.17) is 5.73 Å². The van der Waals surface area contributed by atoms with Gasteiger partial charge in [0.05, 0.1) is 0 Å². The highest BCUT2D eigenvalue weighted by Gasteiger charge is 1.96. The van der Waals surface area contributed by atoms with Gasteiger partial charge in [0.1, 0.15) is 5.82 Å². The van der Waals surface area contributed by atoms with Crippen molar-refractivity contribution in [1.29, 1.82) is 0 Å². The highest BCUT2D eigenvalue weighted by molar-refractivity contribution is 5.35. The quantitative estimate of drug-likeness (QED) is 0.603. The summed E-state index contributed by atoms with van der Waals surface area (Å²) in [5, 5.41) is 4.02. The molecular weight excluding hydrogens is 114 g/mol. The van der Waals surface area contributed by atoms with Gasteiger partial charge in [0.2, 0.25) is 0 Å². The number of nitrogens with two attached hydrogens (primary N) is 1. The SMILES string of the molecule is CCn1cc(C)c(N)n1. The largest absolute Gasteiger partial charge is 0.382 e. The lowest BCUT2D eigenvalue weighted by Gasteiger charge is -1.88. The number of nitrogens with zero attached hydrogens (tertiary/aromatic N) is 2. The maximum Gasteiger partial charge on any atom is 0.148 e. The smallest absolute Gasteiger partial charge is 0.148 e. The summed E-state index contributed by atoms with van der Waals surface area (Å²) < 4.78 is 1.82. The highest BCUT2D eigenvalue weighted by Crippen LogP contribution is 2.04. The topological polar surface area (TPSA) is 43.8 Å². The average Bonchev–Trinajstić information content (AvgIpc) is 2.13. The molecule has 1 aromatic heterocycles. The minimum absolute atomic E-state index is 0.636. The van der Waals surface area contributed by atoms with Crippen LogP contribution in [0.25, 0.3) is 0 Å². The van der Waals surface area contributed by atoms with Crippen molar-refractivity contribution in [2.45, 2.75) is 20.4 Å². The highest BCUT2D eigenvalue weighted by atomic mass is 15.3. The van der Waals surface area contributed by atoms with Crippen LogP contribution in [0.4, 0.5) is 5.82 Å². The monoisotopic (exact) mass is 125 g/mol. The van der Waals surface area contributed by atoms with Crippen LogP contribution in [0, 0.1) is 6.92 Å². The number of hydrogen-bond donors (Lipinski definition) is 1. The van der Waals surface area contributed by atoms with E-state index in [2.05, 4.69) is 5.10 Å². The summed E-state index contributed by atoms with van der Waals surface area (Å²) in [6, 6.07) is 0. The second-order valence-corrected chi connectivity index (χ2v) is 2.05. The number of aromatic nitrogens is 2. The zero-order valence-electron chi connectivity index (χ0n) is 5.76. The minimum atomic E-state index is 0.636. The van der Waals surface area contributed by atoms with Gasteiger partial charge in [-0.2, -0.15) is 5.10 Å². The first-order valence-corrected chi connectivity index (χ1v) is 3.03. The number of nitrogen functional groups attached to an aromatic ring is 1. The molecule has 0 atom stereocenters. The summed E-state index contributed by atoms with van der Waals surface area (Å²) >= 11 is 0. The van der Waals surface area contributed by atoms with Crippen molar-refractivity contribution < 1.29 is 0 Å². The molecule has 0 radical (unpaired) electrons. The molecule has 1 rings (SSSR count). The van der Waals surface area contributed by atoms with Gasteiger partial charge in [0.15, 0.2) is 0 Å². The van der Waals surface area contributed by atoms with Crippen molar-refractivity contribution in [2.24, 2.45) is 0 Å². The molecule has 0 aliphatic heterocycles. The van der Waals surface area contributed by atoms with Gasteiger partial charge < -0.3 is 5.73 Å². The van der Waals surface area contributed by atoms with Gasteiger partial charge >= 0.3 is 0 Å². The summed E-state index contributed by atoms with van der Waals surface area (Å²) in [5.74, 6) is 0.636. The van der Waals surface area contributed by atoms with E-state index >= 15 is 0 Å². The molecule has 0 aliphatic rings. The summed E-state index contributed by atoms with van der Waals surface area (Å²) in [4.78, 5) is 0. The fourth-order valence-corrected chi connectivity index (χ4v) is 0.698. The van der Waals surface area contributed by atoms with Gasteiger partial charge in [-0.05, 0) is 13.8 Å². The first kappa shape index (κ1) is 6.13. The maximum atomic E-state index is 5.48. The van der Waals surface area contributed by atoms with Crippen molar-refractivity contribution in [3.63, 3.8) is 0 Å². The molecule has 0 aliphatic carbocycles. The van der Waals surface area contributed by atoms with Crippen LogP contribution < -0.4 is 5.73 Å². The fraction of sp³-hybridized carbons (Fsp3) is 0.500. The summed E-state index contributed by atoms with van der Waals surface area (Å²) in [7, 11) is 0. The summed E-state index contributed by atoms with van der Waals surface area (Å²) in [6.07, 6.45) is 1.94. The second kappa shape index (κ2) is 2.09. The molecule has 0 aromatic carbocycles. The Kier molecular flexibility index (Phi) is 1.42. The molecule has 9 heavy (non-hydrogen) atoms. The van der Waals surface area contributed by atoms with Crippen molar-refractivity contribution in [1.82, 2.24) is 9.78 Å². The summed E-state index contributed by atoms with van der Waals surface area (Å²) in [5.41, 5.74) is 6.54. The van der Waals surface area contributed by atoms with Gasteiger partial charge in [-0.3, -0.25) is 4.68 Å². The Bertz CT molecular complexity index is 183. The third-order valence-corrected chi connectivity index (χ3v) is 1.31. The first-order chi connectivity index (χ1) is 4.24. The van der Waals surface area contributed by atoms with E-state index in [1.807, 2.05) is 24.7 Å². The fourth-order valence-electron chi connectivity index (χ4n) is 0.698. The Morgan fingerprint density at radius 2 is 2.44 bits per heavy atom. The third kappa shape index (κ3) is 1.04. The number of rotatable bonds is 1. The van der Waals surface area contributed by atoms with E-state index in [-0.39, 0.29) is 0 Å². The Balaban J connectivity index is 2.98. The molecule has 3 heteroatoms. The van der Waals surface area contributed by atoms with Crippen LogP contribution in [0.3, 0.4) is 0 Å². The normalized spacial score (nSPS) is 10.0. The van der Waals surface area contributed by atoms with E-state index in [0.29, 0.717) is 5.82 Å². The number of anilines is 1. The Morgan fingerprint density at radius 3 is 2.67 bits per heavy atom. The van der Waals surface area contributed by atoms with Crippen LogP contribution in [-0.2, 0) is 6.54 Å². The van der Waals surface area contributed by atoms with Gasteiger partial charge in [-0.1, -0.05) is 0 Å². The van der Waals surface area contributed by atoms with Crippen molar-refractivity contribution in [2.75, 3.05) is 5.73 Å². The Hall–Kier alpha value is -0.990. The first-order valence-electron chi connectivity index (χ1n) is 3.03. The number of aryl methyl sites for hydroxylation is 2. The Labute approximate surface area is 54.5 Å². The lowest BCUT2D eigenvalue weighted by atomic mass is 10.4. The zero-order chi connectivity index (χ0) is 6.85. The molecule has 2 N–H and O–H groups in total. The summed E-state index contributed by atoms with van der Waals surface area (Å²) in [6.45, 7) is 4.87. The lowest BCUT2D eigenvalue weighted by Crippen LogP contribution is -1.95. The molecule has 0 saturated carbocycles. The van der Waals surface area contributed by atoms with E-state index in [0.717, 1.165) is 12.1 Å². The van der Waals surface area contributed by atoms with Crippen molar-refractivity contribution in [3.8, 4) is 0 Å². The number of hydrogen-bond acceptors (Lipinski definition) is 2. The van der Waals surface area contributed by atoms with Crippen LogP contribution >= 0.6 is 0 Å². The molecule has 50 valence electrons. The molecule has 1 heterocycles. The predicted molar refractivity (Wildman–Crippen MR) is 37.1 cm³/mol. The van der Waals surface area contributed by atoms with Gasteiger partial charge in [-0.25, -0.2) is 0 Å². The predicted octanol–water partition coefficient (Wildman–Crippen LogP) is 0.794. The molecule has 1 aromatic rings. The molecular formula is C6H11N3. The van der Waals surface area contributed by atoms with Crippen molar-refractivity contribution in [3.05, 3.63) is 11.8 Å². The lowest BCUT2D eigenvalue weighted by molar-refractivity contribution is 0.662. The minimum Gasteiger partial charge on any atom is -0.382 e. The molecule has 0 unspecified atom stereocenters. The van der Waals surface area contributed by atoms with Gasteiger partial charge in [-0.15, -0.1) is 0 Å². The van der Waals surface area contributed by atoms with Crippen LogP contribution in [0.1, 0.15) is 12.5 Å². The third-order valence-electron chi connectivity index (χ3n) is 1.31. The van der Waals surface area contributed by atoms with Gasteiger partial charge in [0.25, 0.3) is 0 Å². The standard InChI is InChI=1S/C6H11N3/c1-3-9-4-5(2)6(7)8-9/h4H,3H2,1-2H3,(H2,7,8). The van der Waals surface area contributed by atoms with Gasteiger partial charge in [0, 0.05) is 18.3 Å². The van der Waals surface area contributed by atoms with E-state index in [1.165, 1.54) is 0 Å². The second-order valence-electron chi connectivity index (χ2n) is 2.05. The van der Waals surface area contributed by atoms with Crippen LogP contribution in [0.15, 0.2) is 6.20 Å². The van der Waals surface area contributed by atoms with E-state index < -0.39 is 0 Å². The molecule has 0 amide bonds. The maximum absolute atomic E-state index is 5.48. The zero-order valence-corrected chi connectivity index (χ0v) is 5.76. The van der Waals surface area contributed by atoms with Crippen LogP contribution in [-0.4, -0.2) is 9.78 Å². The molecule has 3 nitrogen and oxygen atoms in total. The van der Waals surface area contributed by atoms with Crippen molar-refractivity contribution >= 4 is 5.82 Å². The van der Waals surface area contributed by atoms with Crippen LogP contribution in [0.2, 0.25) is 0 Å². The molecule has 0 spiro atoms. The molecule has 0 fully saturated rings. The van der Waals surface area contributed by atoms with E-state index in [1.54, 1.807) is 0 Å². The van der Waals surface area contributed by atoms with E-state index in [9.17, 15) is 0 Å². The molecule has 0 saturated heterocycles. The molecule has 0 bridgehead atoms. The average molecular weight is 125 g/mol.